The topological polar surface area (TPSA) is 79.2 Å². The molecule has 3 N–H and O–H groups in total. The Bertz CT molecular complexity index is 517. The van der Waals surface area contributed by atoms with Crippen molar-refractivity contribution in [2.24, 2.45) is 0 Å². The van der Waals surface area contributed by atoms with Gasteiger partial charge in [-0.2, -0.15) is 0 Å². The Balaban J connectivity index is 2.02. The highest BCUT2D eigenvalue weighted by atomic mass is 16.7. The van der Waals surface area contributed by atoms with E-state index in [2.05, 4.69) is 6.07 Å². The van der Waals surface area contributed by atoms with Crippen LogP contribution in [0.15, 0.2) is 18.2 Å². The molecule has 2 aliphatic rings. The van der Waals surface area contributed by atoms with Crippen LogP contribution in [0.5, 0.6) is 0 Å². The maximum atomic E-state index is 10.5. The van der Waals surface area contributed by atoms with Gasteiger partial charge in [-0.05, 0) is 25.3 Å². The Hall–Kier alpha value is -0.980. The van der Waals surface area contributed by atoms with E-state index < -0.39 is 18.0 Å². The van der Waals surface area contributed by atoms with Crippen molar-refractivity contribution in [2.75, 3.05) is 13.2 Å². The molecule has 1 aromatic rings. The van der Waals surface area contributed by atoms with E-state index in [0.717, 1.165) is 23.1 Å². The molecule has 0 aliphatic carbocycles. The fourth-order valence-electron chi connectivity index (χ4n) is 3.34. The lowest BCUT2D eigenvalue weighted by Gasteiger charge is -2.48. The highest BCUT2D eigenvalue weighted by molar-refractivity contribution is 5.37. The lowest BCUT2D eigenvalue weighted by atomic mass is 9.84. The first-order chi connectivity index (χ1) is 10.1. The zero-order valence-electron chi connectivity index (χ0n) is 12.2. The molecule has 1 aromatic carbocycles. The summed E-state index contributed by atoms with van der Waals surface area (Å²) in [5, 5.41) is 29.8. The van der Waals surface area contributed by atoms with Gasteiger partial charge in [-0.1, -0.05) is 23.8 Å². The Labute approximate surface area is 124 Å². The van der Waals surface area contributed by atoms with Crippen LogP contribution >= 0.6 is 0 Å². The fraction of sp³-hybridized carbons (Fsp3) is 0.625. The van der Waals surface area contributed by atoms with Crippen molar-refractivity contribution >= 4 is 0 Å². The molecule has 116 valence electrons. The molecule has 4 atom stereocenters. The lowest BCUT2D eigenvalue weighted by Crippen LogP contribution is -2.59. The van der Waals surface area contributed by atoms with Crippen LogP contribution in [-0.4, -0.2) is 46.8 Å². The van der Waals surface area contributed by atoms with Crippen LogP contribution in [0.25, 0.3) is 0 Å². The highest BCUT2D eigenvalue weighted by Crippen LogP contribution is 2.43. The van der Waals surface area contributed by atoms with Crippen LogP contribution in [0.1, 0.15) is 29.5 Å². The number of aryl methyl sites for hydroxylation is 1. The second-order valence-corrected chi connectivity index (χ2v) is 5.93. The Morgan fingerprint density at radius 2 is 2.14 bits per heavy atom. The molecule has 0 aromatic heterocycles. The van der Waals surface area contributed by atoms with Crippen LogP contribution < -0.4 is 0 Å². The minimum Gasteiger partial charge on any atom is -0.396 e. The van der Waals surface area contributed by atoms with E-state index in [1.807, 2.05) is 19.1 Å². The lowest BCUT2D eigenvalue weighted by molar-refractivity contribution is -0.355. The smallest absolute Gasteiger partial charge is 0.225 e. The maximum absolute atomic E-state index is 10.5. The van der Waals surface area contributed by atoms with Crippen molar-refractivity contribution in [3.63, 3.8) is 0 Å². The van der Waals surface area contributed by atoms with Crippen LogP contribution in [0, 0.1) is 6.92 Å². The van der Waals surface area contributed by atoms with Gasteiger partial charge in [0.25, 0.3) is 0 Å². The molecule has 5 heteroatoms. The molecule has 1 fully saturated rings. The number of aliphatic hydroxyl groups is 3. The normalized spacial score (nSPS) is 35.7. The summed E-state index contributed by atoms with van der Waals surface area (Å²) >= 11 is 0. The van der Waals surface area contributed by atoms with Crippen molar-refractivity contribution in [1.29, 1.82) is 0 Å². The van der Waals surface area contributed by atoms with Crippen LogP contribution in [0.3, 0.4) is 0 Å². The predicted octanol–water partition coefficient (Wildman–Crippen LogP) is 0.614. The molecular weight excluding hydrogens is 272 g/mol. The summed E-state index contributed by atoms with van der Waals surface area (Å²) in [6.45, 7) is 2.43. The summed E-state index contributed by atoms with van der Waals surface area (Å²) in [5.41, 5.74) is 3.01. The predicted molar refractivity (Wildman–Crippen MR) is 75.7 cm³/mol. The molecule has 2 aliphatic heterocycles. The summed E-state index contributed by atoms with van der Waals surface area (Å²) < 4.78 is 11.8. The Morgan fingerprint density at radius 1 is 1.33 bits per heavy atom. The van der Waals surface area contributed by atoms with Crippen molar-refractivity contribution < 1.29 is 24.8 Å². The van der Waals surface area contributed by atoms with Crippen LogP contribution in [0.4, 0.5) is 0 Å². The number of hydrogen-bond donors (Lipinski definition) is 3. The van der Waals surface area contributed by atoms with Gasteiger partial charge < -0.3 is 24.8 Å². The van der Waals surface area contributed by atoms with Gasteiger partial charge in [-0.15, -0.1) is 0 Å². The van der Waals surface area contributed by atoms with E-state index in [0.29, 0.717) is 19.4 Å². The summed E-state index contributed by atoms with van der Waals surface area (Å²) in [4.78, 5) is 0. The first kappa shape index (κ1) is 14.9. The van der Waals surface area contributed by atoms with Gasteiger partial charge in [0.15, 0.2) is 0 Å². The summed E-state index contributed by atoms with van der Waals surface area (Å²) in [5.74, 6) is -1.32. The van der Waals surface area contributed by atoms with Gasteiger partial charge in [0.05, 0.1) is 18.8 Å². The van der Waals surface area contributed by atoms with E-state index in [9.17, 15) is 10.2 Å². The molecule has 0 bridgehead atoms. The molecule has 21 heavy (non-hydrogen) atoms. The number of benzene rings is 1. The van der Waals surface area contributed by atoms with Crippen molar-refractivity contribution in [1.82, 2.24) is 0 Å². The molecule has 0 unspecified atom stereocenters. The van der Waals surface area contributed by atoms with Gasteiger partial charge in [0, 0.05) is 18.6 Å². The third-order valence-corrected chi connectivity index (χ3v) is 4.38. The quantitative estimate of drug-likeness (QED) is 0.745. The first-order valence-corrected chi connectivity index (χ1v) is 7.45. The summed E-state index contributed by atoms with van der Waals surface area (Å²) in [7, 11) is 0. The van der Waals surface area contributed by atoms with E-state index in [4.69, 9.17) is 14.6 Å². The molecular formula is C16H22O5. The largest absolute Gasteiger partial charge is 0.396 e. The van der Waals surface area contributed by atoms with Gasteiger partial charge in [-0.25, -0.2) is 0 Å². The van der Waals surface area contributed by atoms with Crippen molar-refractivity contribution in [2.45, 2.75) is 50.3 Å². The summed E-state index contributed by atoms with van der Waals surface area (Å²) in [6, 6.07) is 5.92. The monoisotopic (exact) mass is 294 g/mol. The third-order valence-electron chi connectivity index (χ3n) is 4.38. The van der Waals surface area contributed by atoms with E-state index in [1.54, 1.807) is 0 Å². The van der Waals surface area contributed by atoms with Crippen LogP contribution in [0.2, 0.25) is 0 Å². The standard InChI is InChI=1S/C16H22O5/c1-10-2-3-13-11(8-10)5-7-20-16(13)15(19)14(18)9-12(21-16)4-6-17/h2-3,8,12,14-15,17-19H,4-7,9H2,1H3/t12-,14+,15-,16+/m1/s1. The number of aliphatic hydroxyl groups excluding tert-OH is 3. The molecule has 3 rings (SSSR count). The van der Waals surface area contributed by atoms with Gasteiger partial charge >= 0.3 is 0 Å². The highest BCUT2D eigenvalue weighted by Gasteiger charge is 2.53. The van der Waals surface area contributed by atoms with Gasteiger partial charge in [0.1, 0.15) is 6.10 Å². The average molecular weight is 294 g/mol. The summed E-state index contributed by atoms with van der Waals surface area (Å²) in [6.07, 6.45) is -0.919. The number of fused-ring (bicyclic) bond motifs is 2. The minimum atomic E-state index is -1.32. The molecule has 2 heterocycles. The molecule has 0 amide bonds. The van der Waals surface area contributed by atoms with E-state index in [-0.39, 0.29) is 12.7 Å². The Kier molecular flexibility index (Phi) is 4.03. The van der Waals surface area contributed by atoms with E-state index in [1.165, 1.54) is 0 Å². The molecule has 5 nitrogen and oxygen atoms in total. The fourth-order valence-corrected chi connectivity index (χ4v) is 3.34. The number of hydrogen-bond acceptors (Lipinski definition) is 5. The van der Waals surface area contributed by atoms with E-state index >= 15 is 0 Å². The molecule has 0 saturated carbocycles. The second kappa shape index (κ2) is 5.66. The zero-order chi connectivity index (χ0) is 15.0. The van der Waals surface area contributed by atoms with Crippen molar-refractivity contribution in [3.8, 4) is 0 Å². The first-order valence-electron chi connectivity index (χ1n) is 7.45. The minimum absolute atomic E-state index is 0.0235. The van der Waals surface area contributed by atoms with Crippen molar-refractivity contribution in [3.05, 3.63) is 34.9 Å². The average Bonchev–Trinajstić information content (AvgIpc) is 2.45. The number of ether oxygens (including phenoxy) is 2. The van der Waals surface area contributed by atoms with Gasteiger partial charge in [-0.3, -0.25) is 0 Å². The molecule has 0 radical (unpaired) electrons. The number of rotatable bonds is 2. The Morgan fingerprint density at radius 3 is 2.90 bits per heavy atom. The van der Waals surface area contributed by atoms with Crippen LogP contribution in [-0.2, 0) is 21.7 Å². The molecule has 1 spiro atoms. The molecule has 1 saturated heterocycles. The third kappa shape index (κ3) is 2.49. The van der Waals surface area contributed by atoms with Gasteiger partial charge in [0.2, 0.25) is 5.79 Å². The SMILES string of the molecule is Cc1ccc2c(c1)CCO[C@]21O[C@H](CCO)C[C@H](O)[C@H]1O. The zero-order valence-corrected chi connectivity index (χ0v) is 12.2. The maximum Gasteiger partial charge on any atom is 0.225 e. The second-order valence-electron chi connectivity index (χ2n) is 5.93.